The molecule has 0 aromatic heterocycles. The first-order valence-corrected chi connectivity index (χ1v) is 12.6. The van der Waals surface area contributed by atoms with Gasteiger partial charge in [-0.2, -0.15) is 0 Å². The predicted molar refractivity (Wildman–Crippen MR) is 145 cm³/mol. The Bertz CT molecular complexity index is 1140. The number of nitrogens with one attached hydrogen (secondary N) is 1. The third kappa shape index (κ3) is 8.12. The van der Waals surface area contributed by atoms with E-state index in [1.165, 1.54) is 0 Å². The summed E-state index contributed by atoms with van der Waals surface area (Å²) < 4.78 is 12.1. The molecule has 1 unspecified atom stereocenters. The minimum atomic E-state index is -0.732. The zero-order valence-electron chi connectivity index (χ0n) is 21.2. The van der Waals surface area contributed by atoms with E-state index in [2.05, 4.69) is 21.2 Å². The first kappa shape index (κ1) is 27.3. The van der Waals surface area contributed by atoms with E-state index in [0.717, 1.165) is 15.6 Å². The molecule has 6 nitrogen and oxygen atoms in total. The van der Waals surface area contributed by atoms with Crippen molar-refractivity contribution in [1.29, 1.82) is 0 Å². The van der Waals surface area contributed by atoms with E-state index in [9.17, 15) is 9.59 Å². The van der Waals surface area contributed by atoms with Crippen LogP contribution in [0.4, 0.5) is 0 Å². The molecular weight excluding hydrogens is 520 g/mol. The van der Waals surface area contributed by atoms with E-state index < -0.39 is 11.6 Å². The Labute approximate surface area is 221 Å². The number of nitrogens with zero attached hydrogens (tertiary/aromatic N) is 1. The van der Waals surface area contributed by atoms with E-state index in [0.29, 0.717) is 17.9 Å². The van der Waals surface area contributed by atoms with Crippen molar-refractivity contribution in [2.45, 2.75) is 45.3 Å². The minimum Gasteiger partial charge on any atom is -0.493 e. The second kappa shape index (κ2) is 12.6. The zero-order valence-corrected chi connectivity index (χ0v) is 22.7. The molecule has 2 amide bonds. The summed E-state index contributed by atoms with van der Waals surface area (Å²) >= 11 is 3.46. The SMILES string of the molecule is COc1ccccc1OCC(=O)N(Cc1ccc(Br)cc1)C(Cc1ccccc1)C(=O)NC(C)(C)C. The molecule has 1 N–H and O–H groups in total. The Morgan fingerprint density at radius 2 is 1.50 bits per heavy atom. The highest BCUT2D eigenvalue weighted by atomic mass is 79.9. The van der Waals surface area contributed by atoms with Crippen LogP contribution in [0.5, 0.6) is 11.5 Å². The lowest BCUT2D eigenvalue weighted by atomic mass is 10.0. The highest BCUT2D eigenvalue weighted by molar-refractivity contribution is 9.10. The molecule has 7 heteroatoms. The van der Waals surface area contributed by atoms with Crippen molar-refractivity contribution in [3.63, 3.8) is 0 Å². The van der Waals surface area contributed by atoms with Gasteiger partial charge in [-0.1, -0.05) is 70.5 Å². The van der Waals surface area contributed by atoms with E-state index >= 15 is 0 Å². The molecule has 0 saturated carbocycles. The maximum Gasteiger partial charge on any atom is 0.261 e. The van der Waals surface area contributed by atoms with Gasteiger partial charge < -0.3 is 19.7 Å². The normalized spacial score (nSPS) is 11.9. The fraction of sp³-hybridized carbons (Fsp3) is 0.310. The van der Waals surface area contributed by atoms with Crippen molar-refractivity contribution >= 4 is 27.7 Å². The Morgan fingerprint density at radius 3 is 2.11 bits per heavy atom. The topological polar surface area (TPSA) is 67.9 Å². The number of benzene rings is 3. The van der Waals surface area contributed by atoms with Crippen molar-refractivity contribution in [3.05, 3.63) is 94.5 Å². The zero-order chi connectivity index (χ0) is 26.1. The van der Waals surface area contributed by atoms with Gasteiger partial charge in [0.2, 0.25) is 5.91 Å². The number of carbonyl (C=O) groups excluding carboxylic acids is 2. The number of amides is 2. The number of hydrogen-bond acceptors (Lipinski definition) is 4. The summed E-state index contributed by atoms with van der Waals surface area (Å²) in [6, 6.07) is 23.9. The molecule has 0 fully saturated rings. The maximum atomic E-state index is 13.7. The molecule has 0 aliphatic heterocycles. The van der Waals surface area contributed by atoms with E-state index in [1.807, 2.05) is 87.5 Å². The molecule has 36 heavy (non-hydrogen) atoms. The van der Waals surface area contributed by atoms with Gasteiger partial charge >= 0.3 is 0 Å². The van der Waals surface area contributed by atoms with Gasteiger partial charge in [0, 0.05) is 23.0 Å². The highest BCUT2D eigenvalue weighted by Gasteiger charge is 2.32. The lowest BCUT2D eigenvalue weighted by Gasteiger charge is -2.33. The predicted octanol–water partition coefficient (Wildman–Crippen LogP) is 5.39. The average molecular weight is 553 g/mol. The van der Waals surface area contributed by atoms with Crippen LogP contribution >= 0.6 is 15.9 Å². The standard InChI is InChI=1S/C29H33BrN2O4/c1-29(2,3)31-28(34)24(18-21-10-6-5-7-11-21)32(19-22-14-16-23(30)17-15-22)27(33)20-36-26-13-9-8-12-25(26)35-4/h5-17,24H,18-20H2,1-4H3,(H,31,34). The minimum absolute atomic E-state index is 0.214. The Balaban J connectivity index is 1.93. The lowest BCUT2D eigenvalue weighted by molar-refractivity contribution is -0.143. The van der Waals surface area contributed by atoms with Crippen LogP contribution in [0, 0.1) is 0 Å². The van der Waals surface area contributed by atoms with Crippen LogP contribution in [0.2, 0.25) is 0 Å². The third-order valence-electron chi connectivity index (χ3n) is 5.46. The summed E-state index contributed by atoms with van der Waals surface area (Å²) in [6.45, 7) is 5.81. The molecular formula is C29H33BrN2O4. The van der Waals surface area contributed by atoms with Crippen molar-refractivity contribution in [2.24, 2.45) is 0 Å². The molecule has 0 spiro atoms. The lowest BCUT2D eigenvalue weighted by Crippen LogP contribution is -2.55. The van der Waals surface area contributed by atoms with Crippen molar-refractivity contribution in [3.8, 4) is 11.5 Å². The number of halogens is 1. The molecule has 1 atom stereocenters. The summed E-state index contributed by atoms with van der Waals surface area (Å²) in [5, 5.41) is 3.06. The van der Waals surface area contributed by atoms with Crippen LogP contribution in [0.3, 0.4) is 0 Å². The summed E-state index contributed by atoms with van der Waals surface area (Å²) in [5.41, 5.74) is 1.42. The molecule has 0 aliphatic carbocycles. The molecule has 0 saturated heterocycles. The number of hydrogen-bond donors (Lipinski definition) is 1. The van der Waals surface area contributed by atoms with Gasteiger partial charge in [-0.25, -0.2) is 0 Å². The highest BCUT2D eigenvalue weighted by Crippen LogP contribution is 2.26. The van der Waals surface area contributed by atoms with Crippen LogP contribution in [-0.2, 0) is 22.6 Å². The Kier molecular flexibility index (Phi) is 9.53. The first-order chi connectivity index (χ1) is 17.2. The molecule has 190 valence electrons. The number of ether oxygens (including phenoxy) is 2. The number of rotatable bonds is 10. The van der Waals surface area contributed by atoms with Crippen molar-refractivity contribution < 1.29 is 19.1 Å². The van der Waals surface area contributed by atoms with Gasteiger partial charge in [-0.15, -0.1) is 0 Å². The fourth-order valence-corrected chi connectivity index (χ4v) is 4.02. The van der Waals surface area contributed by atoms with Crippen LogP contribution in [0.15, 0.2) is 83.3 Å². The van der Waals surface area contributed by atoms with E-state index in [1.54, 1.807) is 24.1 Å². The summed E-state index contributed by atoms with van der Waals surface area (Å²) in [7, 11) is 1.55. The van der Waals surface area contributed by atoms with Gasteiger partial charge in [0.1, 0.15) is 6.04 Å². The third-order valence-corrected chi connectivity index (χ3v) is 5.98. The summed E-state index contributed by atoms with van der Waals surface area (Å²) in [5.74, 6) is 0.495. The Hall–Kier alpha value is -3.32. The van der Waals surface area contributed by atoms with Crippen LogP contribution in [0.25, 0.3) is 0 Å². The summed E-state index contributed by atoms with van der Waals surface area (Å²) in [6.07, 6.45) is 0.375. The van der Waals surface area contributed by atoms with Crippen molar-refractivity contribution in [2.75, 3.05) is 13.7 Å². The van der Waals surface area contributed by atoms with E-state index in [-0.39, 0.29) is 25.0 Å². The van der Waals surface area contributed by atoms with Crippen LogP contribution in [-0.4, -0.2) is 42.0 Å². The maximum absolute atomic E-state index is 13.7. The van der Waals surface area contributed by atoms with Gasteiger partial charge in [0.05, 0.1) is 7.11 Å². The number of carbonyl (C=O) groups is 2. The molecule has 3 aromatic rings. The number of para-hydroxylation sites is 2. The molecule has 0 heterocycles. The molecule has 0 aliphatic rings. The first-order valence-electron chi connectivity index (χ1n) is 11.8. The average Bonchev–Trinajstić information content (AvgIpc) is 2.85. The number of methoxy groups -OCH3 is 1. The molecule has 3 aromatic carbocycles. The Morgan fingerprint density at radius 1 is 0.889 bits per heavy atom. The quantitative estimate of drug-likeness (QED) is 0.366. The largest absolute Gasteiger partial charge is 0.493 e. The second-order valence-corrected chi connectivity index (χ2v) is 10.4. The molecule has 3 rings (SSSR count). The second-order valence-electron chi connectivity index (χ2n) is 9.53. The smallest absolute Gasteiger partial charge is 0.261 e. The van der Waals surface area contributed by atoms with Crippen LogP contribution < -0.4 is 14.8 Å². The summed E-state index contributed by atoms with van der Waals surface area (Å²) in [4.78, 5) is 28.8. The monoisotopic (exact) mass is 552 g/mol. The van der Waals surface area contributed by atoms with Gasteiger partial charge in [-0.3, -0.25) is 9.59 Å². The van der Waals surface area contributed by atoms with E-state index in [4.69, 9.17) is 9.47 Å². The molecule has 0 radical (unpaired) electrons. The van der Waals surface area contributed by atoms with Gasteiger partial charge in [0.25, 0.3) is 5.91 Å². The molecule has 0 bridgehead atoms. The fourth-order valence-electron chi connectivity index (χ4n) is 3.75. The van der Waals surface area contributed by atoms with Gasteiger partial charge in [-0.05, 0) is 56.2 Å². The van der Waals surface area contributed by atoms with Crippen molar-refractivity contribution in [1.82, 2.24) is 10.2 Å². The van der Waals surface area contributed by atoms with Crippen LogP contribution in [0.1, 0.15) is 31.9 Å². The van der Waals surface area contributed by atoms with Gasteiger partial charge in [0.15, 0.2) is 18.1 Å².